The molecule has 3 aromatic rings. The minimum Gasteiger partial charge on any atom is -0.497 e. The van der Waals surface area contributed by atoms with Gasteiger partial charge in [-0.1, -0.05) is 42.5 Å². The standard InChI is InChI=1S/C23H24N2O4S/c1-25(2)30(27,28)21-15-11-19(12-16-21)23(26)24-22(17-7-5-4-6-8-17)18-9-13-20(29-3)14-10-18/h4-16,22H,1-3H3,(H,24,26)/t22-/m1/s1. The number of hydrogen-bond acceptors (Lipinski definition) is 4. The first-order valence-electron chi connectivity index (χ1n) is 9.35. The van der Waals surface area contributed by atoms with E-state index in [0.29, 0.717) is 5.56 Å². The Balaban J connectivity index is 1.88. The lowest BCUT2D eigenvalue weighted by Gasteiger charge is -2.20. The lowest BCUT2D eigenvalue weighted by Crippen LogP contribution is -2.29. The van der Waals surface area contributed by atoms with E-state index in [-0.39, 0.29) is 16.8 Å². The van der Waals surface area contributed by atoms with Crippen LogP contribution in [0, 0.1) is 0 Å². The molecule has 0 saturated carbocycles. The minimum absolute atomic E-state index is 0.138. The molecular weight excluding hydrogens is 400 g/mol. The van der Waals surface area contributed by atoms with Gasteiger partial charge in [-0.25, -0.2) is 12.7 Å². The summed E-state index contributed by atoms with van der Waals surface area (Å²) in [6.07, 6.45) is 0. The fourth-order valence-corrected chi connectivity index (χ4v) is 3.91. The number of benzene rings is 3. The maximum atomic E-state index is 12.9. The third-order valence-electron chi connectivity index (χ3n) is 4.75. The summed E-state index contributed by atoms with van der Waals surface area (Å²) in [4.78, 5) is 13.1. The van der Waals surface area contributed by atoms with Crippen LogP contribution in [0.1, 0.15) is 27.5 Å². The zero-order chi connectivity index (χ0) is 21.7. The van der Waals surface area contributed by atoms with E-state index in [1.54, 1.807) is 7.11 Å². The Bertz CT molecular complexity index is 1090. The molecule has 0 heterocycles. The van der Waals surface area contributed by atoms with Gasteiger partial charge in [-0.2, -0.15) is 0 Å². The maximum Gasteiger partial charge on any atom is 0.252 e. The molecular formula is C23H24N2O4S. The highest BCUT2D eigenvalue weighted by Crippen LogP contribution is 2.25. The van der Waals surface area contributed by atoms with Crippen LogP contribution in [0.4, 0.5) is 0 Å². The molecule has 0 spiro atoms. The number of nitrogens with one attached hydrogen (secondary N) is 1. The molecule has 156 valence electrons. The Kier molecular flexibility index (Phi) is 6.54. The van der Waals surface area contributed by atoms with E-state index >= 15 is 0 Å². The summed E-state index contributed by atoms with van der Waals surface area (Å²) in [6.45, 7) is 0. The smallest absolute Gasteiger partial charge is 0.252 e. The lowest BCUT2D eigenvalue weighted by molar-refractivity contribution is 0.0943. The number of nitrogens with zero attached hydrogens (tertiary/aromatic N) is 1. The highest BCUT2D eigenvalue weighted by molar-refractivity contribution is 7.89. The summed E-state index contributed by atoms with van der Waals surface area (Å²) >= 11 is 0. The van der Waals surface area contributed by atoms with Crippen molar-refractivity contribution in [3.63, 3.8) is 0 Å². The Morgan fingerprint density at radius 1 is 0.867 bits per heavy atom. The van der Waals surface area contributed by atoms with Gasteiger partial charge in [0, 0.05) is 19.7 Å². The van der Waals surface area contributed by atoms with Crippen molar-refractivity contribution in [1.82, 2.24) is 9.62 Å². The Labute approximate surface area is 177 Å². The molecule has 1 N–H and O–H groups in total. The molecule has 0 radical (unpaired) electrons. The fourth-order valence-electron chi connectivity index (χ4n) is 3.00. The van der Waals surface area contributed by atoms with Gasteiger partial charge in [0.15, 0.2) is 0 Å². The van der Waals surface area contributed by atoms with Crippen molar-refractivity contribution in [1.29, 1.82) is 0 Å². The van der Waals surface area contributed by atoms with Crippen molar-refractivity contribution in [2.45, 2.75) is 10.9 Å². The van der Waals surface area contributed by atoms with Crippen LogP contribution in [-0.2, 0) is 10.0 Å². The van der Waals surface area contributed by atoms with Crippen molar-refractivity contribution >= 4 is 15.9 Å². The molecule has 0 aliphatic carbocycles. The summed E-state index contributed by atoms with van der Waals surface area (Å²) in [5.41, 5.74) is 2.21. The van der Waals surface area contributed by atoms with Crippen molar-refractivity contribution in [3.8, 4) is 5.75 Å². The van der Waals surface area contributed by atoms with Crippen LogP contribution < -0.4 is 10.1 Å². The first-order valence-corrected chi connectivity index (χ1v) is 10.8. The number of ether oxygens (including phenoxy) is 1. The zero-order valence-corrected chi connectivity index (χ0v) is 17.9. The molecule has 0 aromatic heterocycles. The van der Waals surface area contributed by atoms with Gasteiger partial charge < -0.3 is 10.1 Å². The molecule has 7 heteroatoms. The lowest BCUT2D eigenvalue weighted by atomic mass is 9.98. The normalized spacial score (nSPS) is 12.4. The average Bonchev–Trinajstić information content (AvgIpc) is 2.78. The summed E-state index contributed by atoms with van der Waals surface area (Å²) in [5.74, 6) is 0.433. The predicted octanol–water partition coefficient (Wildman–Crippen LogP) is 3.46. The molecule has 30 heavy (non-hydrogen) atoms. The number of methoxy groups -OCH3 is 1. The highest BCUT2D eigenvalue weighted by Gasteiger charge is 2.20. The molecule has 1 amide bonds. The van der Waals surface area contributed by atoms with Crippen LogP contribution in [0.2, 0.25) is 0 Å². The quantitative estimate of drug-likeness (QED) is 0.630. The molecule has 3 rings (SSSR count). The van der Waals surface area contributed by atoms with Gasteiger partial charge in [0.1, 0.15) is 5.75 Å². The van der Waals surface area contributed by atoms with Gasteiger partial charge in [-0.05, 0) is 47.5 Å². The zero-order valence-electron chi connectivity index (χ0n) is 17.1. The molecule has 0 aliphatic rings. The van der Waals surface area contributed by atoms with Gasteiger partial charge in [-0.3, -0.25) is 4.79 Å². The fraction of sp³-hybridized carbons (Fsp3) is 0.174. The molecule has 0 bridgehead atoms. The second-order valence-electron chi connectivity index (χ2n) is 6.90. The van der Waals surface area contributed by atoms with Crippen LogP contribution in [-0.4, -0.2) is 39.8 Å². The van der Waals surface area contributed by atoms with E-state index in [1.807, 2.05) is 54.6 Å². The summed E-state index contributed by atoms with van der Waals surface area (Å²) in [5, 5.41) is 3.04. The van der Waals surface area contributed by atoms with Crippen molar-refractivity contribution in [2.24, 2.45) is 0 Å². The molecule has 1 atom stereocenters. The summed E-state index contributed by atoms with van der Waals surface area (Å²) in [6, 6.07) is 22.7. The van der Waals surface area contributed by atoms with E-state index in [9.17, 15) is 13.2 Å². The van der Waals surface area contributed by atoms with Crippen molar-refractivity contribution < 1.29 is 17.9 Å². The third-order valence-corrected chi connectivity index (χ3v) is 6.58. The molecule has 3 aromatic carbocycles. The number of amides is 1. The first kappa shape index (κ1) is 21.5. The highest BCUT2D eigenvalue weighted by atomic mass is 32.2. The Morgan fingerprint density at radius 2 is 1.43 bits per heavy atom. The minimum atomic E-state index is -3.55. The number of rotatable bonds is 7. The second kappa shape index (κ2) is 9.11. The van der Waals surface area contributed by atoms with E-state index in [4.69, 9.17) is 4.74 Å². The summed E-state index contributed by atoms with van der Waals surface area (Å²) in [7, 11) is 0.993. The van der Waals surface area contributed by atoms with Crippen LogP contribution in [0.3, 0.4) is 0 Å². The van der Waals surface area contributed by atoms with Gasteiger partial charge in [0.25, 0.3) is 5.91 Å². The molecule has 6 nitrogen and oxygen atoms in total. The van der Waals surface area contributed by atoms with Crippen molar-refractivity contribution in [2.75, 3.05) is 21.2 Å². The van der Waals surface area contributed by atoms with Crippen LogP contribution in [0.15, 0.2) is 83.8 Å². The topological polar surface area (TPSA) is 75.7 Å². The van der Waals surface area contributed by atoms with Crippen molar-refractivity contribution in [3.05, 3.63) is 95.6 Å². The number of carbonyl (C=O) groups is 1. The Morgan fingerprint density at radius 3 is 1.97 bits per heavy atom. The Hall–Kier alpha value is -3.16. The first-order chi connectivity index (χ1) is 14.3. The molecule has 0 unspecified atom stereocenters. The number of carbonyl (C=O) groups excluding carboxylic acids is 1. The largest absolute Gasteiger partial charge is 0.497 e. The molecule has 0 saturated heterocycles. The van der Waals surface area contributed by atoms with E-state index in [0.717, 1.165) is 21.2 Å². The second-order valence-corrected chi connectivity index (χ2v) is 9.05. The van der Waals surface area contributed by atoms with Gasteiger partial charge in [0.2, 0.25) is 10.0 Å². The molecule has 0 aliphatic heterocycles. The van der Waals surface area contributed by atoms with E-state index in [1.165, 1.54) is 38.4 Å². The average molecular weight is 425 g/mol. The third kappa shape index (κ3) is 4.69. The summed E-state index contributed by atoms with van der Waals surface area (Å²) < 4.78 is 30.8. The van der Waals surface area contributed by atoms with Crippen LogP contribution in [0.25, 0.3) is 0 Å². The maximum absolute atomic E-state index is 12.9. The monoisotopic (exact) mass is 424 g/mol. The van der Waals surface area contributed by atoms with E-state index in [2.05, 4.69) is 5.32 Å². The number of hydrogen-bond donors (Lipinski definition) is 1. The molecule has 0 fully saturated rings. The number of sulfonamides is 1. The predicted molar refractivity (Wildman–Crippen MR) is 116 cm³/mol. The van der Waals surface area contributed by atoms with E-state index < -0.39 is 10.0 Å². The van der Waals surface area contributed by atoms with Gasteiger partial charge in [0.05, 0.1) is 18.0 Å². The van der Waals surface area contributed by atoms with Crippen LogP contribution in [0.5, 0.6) is 5.75 Å². The SMILES string of the molecule is COc1ccc([C@H](NC(=O)c2ccc(S(=O)(=O)N(C)C)cc2)c2ccccc2)cc1. The van der Waals surface area contributed by atoms with Gasteiger partial charge >= 0.3 is 0 Å². The van der Waals surface area contributed by atoms with Crippen LogP contribution >= 0.6 is 0 Å². The van der Waals surface area contributed by atoms with Gasteiger partial charge in [-0.15, -0.1) is 0 Å².